The molecule has 0 radical (unpaired) electrons. The van der Waals surface area contributed by atoms with Crippen LogP contribution in [0.2, 0.25) is 0 Å². The maximum absolute atomic E-state index is 13.8. The average molecular weight is 302 g/mol. The van der Waals surface area contributed by atoms with Gasteiger partial charge in [-0.2, -0.15) is 0 Å². The second-order valence-corrected chi connectivity index (χ2v) is 6.79. The summed E-state index contributed by atoms with van der Waals surface area (Å²) in [6.07, 6.45) is 1.62. The molecular weight excluding hydrogens is 283 g/mol. The highest BCUT2D eigenvalue weighted by atomic mass is 32.2. The van der Waals surface area contributed by atoms with Crippen molar-refractivity contribution in [1.29, 1.82) is 0 Å². The highest BCUT2D eigenvalue weighted by molar-refractivity contribution is 7.89. The van der Waals surface area contributed by atoms with Gasteiger partial charge in [-0.1, -0.05) is 0 Å². The number of aryl methyl sites for hydroxylation is 1. The van der Waals surface area contributed by atoms with Gasteiger partial charge in [0.2, 0.25) is 10.0 Å². The maximum Gasteiger partial charge on any atom is 0.243 e. The van der Waals surface area contributed by atoms with E-state index < -0.39 is 20.7 Å². The van der Waals surface area contributed by atoms with Crippen LogP contribution in [-0.2, 0) is 14.8 Å². The predicted octanol–water partition coefficient (Wildman–Crippen LogP) is 1.42. The lowest BCUT2D eigenvalue weighted by atomic mass is 10.1. The molecule has 0 saturated carbocycles. The molecule has 0 bridgehead atoms. The average Bonchev–Trinajstić information content (AvgIpc) is 2.86. The first kappa shape index (κ1) is 15.2. The van der Waals surface area contributed by atoms with Crippen molar-refractivity contribution in [1.82, 2.24) is 4.72 Å². The molecule has 1 aliphatic heterocycles. The lowest BCUT2D eigenvalue weighted by molar-refractivity contribution is 0.184. The molecule has 1 aliphatic rings. The van der Waals surface area contributed by atoms with Gasteiger partial charge in [0.15, 0.2) is 0 Å². The summed E-state index contributed by atoms with van der Waals surface area (Å²) in [5.74, 6) is -0.418. The van der Waals surface area contributed by atoms with E-state index in [1.165, 1.54) is 0 Å². The third-order valence-corrected chi connectivity index (χ3v) is 4.95. The zero-order chi connectivity index (χ0) is 14.8. The number of ether oxygens (including phenoxy) is 1. The van der Waals surface area contributed by atoms with Crippen molar-refractivity contribution in [3.63, 3.8) is 0 Å². The van der Waals surface area contributed by atoms with E-state index >= 15 is 0 Å². The molecule has 1 unspecified atom stereocenters. The van der Waals surface area contributed by atoms with Crippen molar-refractivity contribution in [3.8, 4) is 0 Å². The van der Waals surface area contributed by atoms with E-state index in [1.807, 2.05) is 0 Å². The number of hydrogen-bond donors (Lipinski definition) is 2. The maximum atomic E-state index is 13.8. The number of rotatable bonds is 5. The van der Waals surface area contributed by atoms with Crippen LogP contribution in [0.3, 0.4) is 0 Å². The molecule has 7 heteroatoms. The van der Waals surface area contributed by atoms with Gasteiger partial charge in [0, 0.05) is 25.4 Å². The number of sulfonamides is 1. The minimum Gasteiger partial charge on any atom is -0.398 e. The summed E-state index contributed by atoms with van der Waals surface area (Å²) in [4.78, 5) is -0.400. The highest BCUT2D eigenvalue weighted by Crippen LogP contribution is 2.21. The van der Waals surface area contributed by atoms with E-state index in [9.17, 15) is 12.8 Å². The monoisotopic (exact) mass is 302 g/mol. The zero-order valence-corrected chi connectivity index (χ0v) is 12.2. The number of benzene rings is 1. The SMILES string of the molecule is Cc1cc(F)c(S(=O)(=O)NCCC2CCOC2)cc1N. The second-order valence-electron chi connectivity index (χ2n) is 5.06. The molecule has 5 nitrogen and oxygen atoms in total. The van der Waals surface area contributed by atoms with Crippen molar-refractivity contribution < 1.29 is 17.5 Å². The van der Waals surface area contributed by atoms with Crippen LogP contribution in [-0.4, -0.2) is 28.2 Å². The zero-order valence-electron chi connectivity index (χ0n) is 11.4. The molecule has 1 heterocycles. The quantitative estimate of drug-likeness (QED) is 0.806. The number of hydrogen-bond acceptors (Lipinski definition) is 4. The molecule has 0 aromatic heterocycles. The van der Waals surface area contributed by atoms with Crippen molar-refractivity contribution >= 4 is 15.7 Å². The van der Waals surface area contributed by atoms with Crippen LogP contribution in [0.1, 0.15) is 18.4 Å². The van der Waals surface area contributed by atoms with Crippen LogP contribution in [0.5, 0.6) is 0 Å². The Balaban J connectivity index is 2.04. The topological polar surface area (TPSA) is 81.4 Å². The van der Waals surface area contributed by atoms with Gasteiger partial charge in [-0.05, 0) is 43.4 Å². The molecule has 0 amide bonds. The largest absolute Gasteiger partial charge is 0.398 e. The van der Waals surface area contributed by atoms with Gasteiger partial charge in [0.05, 0.1) is 0 Å². The van der Waals surface area contributed by atoms with Gasteiger partial charge in [0.25, 0.3) is 0 Å². The Morgan fingerprint density at radius 3 is 2.90 bits per heavy atom. The Labute approximate surface area is 118 Å². The molecule has 2 rings (SSSR count). The fourth-order valence-corrected chi connectivity index (χ4v) is 3.30. The predicted molar refractivity (Wildman–Crippen MR) is 74.3 cm³/mol. The smallest absolute Gasteiger partial charge is 0.243 e. The van der Waals surface area contributed by atoms with Gasteiger partial charge < -0.3 is 10.5 Å². The van der Waals surface area contributed by atoms with Crippen LogP contribution in [0, 0.1) is 18.7 Å². The Kier molecular flexibility index (Phi) is 4.62. The summed E-state index contributed by atoms with van der Waals surface area (Å²) in [5.41, 5.74) is 6.42. The molecule has 3 N–H and O–H groups in total. The summed E-state index contributed by atoms with van der Waals surface area (Å²) in [6.45, 7) is 3.28. The summed E-state index contributed by atoms with van der Waals surface area (Å²) >= 11 is 0. The lowest BCUT2D eigenvalue weighted by Gasteiger charge is -2.11. The first-order valence-corrected chi connectivity index (χ1v) is 8.01. The third kappa shape index (κ3) is 3.47. The van der Waals surface area contributed by atoms with E-state index in [2.05, 4.69) is 4.72 Å². The van der Waals surface area contributed by atoms with Crippen LogP contribution >= 0.6 is 0 Å². The minimum absolute atomic E-state index is 0.260. The number of halogens is 1. The molecule has 0 spiro atoms. The fourth-order valence-electron chi connectivity index (χ4n) is 2.16. The number of nitrogens with one attached hydrogen (secondary N) is 1. The number of nitrogens with two attached hydrogens (primary N) is 1. The van der Waals surface area contributed by atoms with Crippen molar-refractivity contribution in [2.45, 2.75) is 24.7 Å². The first-order valence-electron chi connectivity index (χ1n) is 6.53. The van der Waals surface area contributed by atoms with Gasteiger partial charge in [0.1, 0.15) is 10.7 Å². The van der Waals surface area contributed by atoms with E-state index in [4.69, 9.17) is 10.5 Å². The molecule has 1 aromatic carbocycles. The second kappa shape index (κ2) is 6.07. The summed E-state index contributed by atoms with van der Waals surface area (Å²) in [7, 11) is -3.87. The Hall–Kier alpha value is -1.18. The minimum atomic E-state index is -3.87. The van der Waals surface area contributed by atoms with Crippen LogP contribution in [0.15, 0.2) is 17.0 Å². The summed E-state index contributed by atoms with van der Waals surface area (Å²) in [5, 5.41) is 0. The number of nitrogen functional groups attached to an aromatic ring is 1. The molecule has 0 aliphatic carbocycles. The van der Waals surface area contributed by atoms with Crippen molar-refractivity contribution in [3.05, 3.63) is 23.5 Å². The van der Waals surface area contributed by atoms with E-state index in [-0.39, 0.29) is 12.2 Å². The van der Waals surface area contributed by atoms with Crippen molar-refractivity contribution in [2.24, 2.45) is 5.92 Å². The standard InChI is InChI=1S/C13H19FN2O3S/c1-9-6-11(14)13(7-12(9)15)20(17,18)16-4-2-10-3-5-19-8-10/h6-7,10,16H,2-5,8,15H2,1H3. The molecule has 1 atom stereocenters. The third-order valence-electron chi connectivity index (χ3n) is 3.48. The Morgan fingerprint density at radius 1 is 1.50 bits per heavy atom. The highest BCUT2D eigenvalue weighted by Gasteiger charge is 2.21. The molecule has 1 saturated heterocycles. The van der Waals surface area contributed by atoms with Crippen molar-refractivity contribution in [2.75, 3.05) is 25.5 Å². The molecule has 20 heavy (non-hydrogen) atoms. The fraction of sp³-hybridized carbons (Fsp3) is 0.538. The van der Waals surface area contributed by atoms with Gasteiger partial charge in [-0.25, -0.2) is 17.5 Å². The summed E-state index contributed by atoms with van der Waals surface area (Å²) < 4.78 is 45.5. The van der Waals surface area contributed by atoms with E-state index in [0.717, 1.165) is 25.2 Å². The molecule has 112 valence electrons. The van der Waals surface area contributed by atoms with Crippen LogP contribution in [0.4, 0.5) is 10.1 Å². The Bertz CT molecular complexity index is 584. The molecular formula is C13H19FN2O3S. The van der Waals surface area contributed by atoms with E-state index in [1.54, 1.807) is 6.92 Å². The normalized spacial score (nSPS) is 19.4. The molecule has 1 aromatic rings. The summed E-state index contributed by atoms with van der Waals surface area (Å²) in [6, 6.07) is 2.29. The van der Waals surface area contributed by atoms with E-state index in [0.29, 0.717) is 24.5 Å². The Morgan fingerprint density at radius 2 is 2.25 bits per heavy atom. The molecule has 1 fully saturated rings. The van der Waals surface area contributed by atoms with Gasteiger partial charge >= 0.3 is 0 Å². The van der Waals surface area contributed by atoms with Gasteiger partial charge in [-0.15, -0.1) is 0 Å². The van der Waals surface area contributed by atoms with Crippen LogP contribution in [0.25, 0.3) is 0 Å². The first-order chi connectivity index (χ1) is 9.40. The number of anilines is 1. The lowest BCUT2D eigenvalue weighted by Crippen LogP contribution is -2.27. The van der Waals surface area contributed by atoms with Gasteiger partial charge in [-0.3, -0.25) is 0 Å². The van der Waals surface area contributed by atoms with Crippen LogP contribution < -0.4 is 10.5 Å².